The summed E-state index contributed by atoms with van der Waals surface area (Å²) in [5.41, 5.74) is 6.38. The van der Waals surface area contributed by atoms with Gasteiger partial charge in [0.25, 0.3) is 0 Å². The lowest BCUT2D eigenvalue weighted by Crippen LogP contribution is -2.28. The molecule has 1 rings (SSSR count). The molecule has 4 heteroatoms. The van der Waals surface area contributed by atoms with Gasteiger partial charge in [-0.25, -0.2) is 4.39 Å². The highest BCUT2D eigenvalue weighted by molar-refractivity contribution is 6.33. The largest absolute Gasteiger partial charge is 0.380 e. The quantitative estimate of drug-likeness (QED) is 0.652. The molecule has 0 spiro atoms. The van der Waals surface area contributed by atoms with E-state index in [1.807, 2.05) is 0 Å². The van der Waals surface area contributed by atoms with Gasteiger partial charge in [-0.3, -0.25) is 0 Å². The van der Waals surface area contributed by atoms with Crippen LogP contribution < -0.4 is 11.1 Å². The highest BCUT2D eigenvalue weighted by Gasteiger charge is 2.09. The number of unbranched alkanes of at least 4 members (excludes halogenated alkanes) is 4. The van der Waals surface area contributed by atoms with Crippen LogP contribution in [0.3, 0.4) is 0 Å². The third-order valence-corrected chi connectivity index (χ3v) is 3.56. The second kappa shape index (κ2) is 9.16. The van der Waals surface area contributed by atoms with E-state index in [1.54, 1.807) is 6.07 Å². The second-order valence-electron chi connectivity index (χ2n) is 4.90. The molecule has 0 saturated carbocycles. The predicted molar refractivity (Wildman–Crippen MR) is 81.3 cm³/mol. The maximum atomic E-state index is 13.2. The van der Waals surface area contributed by atoms with Gasteiger partial charge in [0.1, 0.15) is 5.82 Å². The molecule has 0 heterocycles. The summed E-state index contributed by atoms with van der Waals surface area (Å²) in [5.74, 6) is -0.286. The number of benzene rings is 1. The Labute approximate surface area is 120 Å². The summed E-state index contributed by atoms with van der Waals surface area (Å²) in [4.78, 5) is 0. The number of nitrogens with one attached hydrogen (secondary N) is 1. The topological polar surface area (TPSA) is 38.0 Å². The van der Waals surface area contributed by atoms with E-state index in [9.17, 15) is 4.39 Å². The highest BCUT2D eigenvalue weighted by Crippen LogP contribution is 2.23. The van der Waals surface area contributed by atoms with Crippen LogP contribution in [0.2, 0.25) is 5.02 Å². The van der Waals surface area contributed by atoms with Gasteiger partial charge in [-0.05, 0) is 24.6 Å². The Morgan fingerprint density at radius 3 is 2.68 bits per heavy atom. The van der Waals surface area contributed by atoms with Crippen LogP contribution in [-0.2, 0) is 0 Å². The van der Waals surface area contributed by atoms with Crippen molar-refractivity contribution in [1.82, 2.24) is 0 Å². The first-order chi connectivity index (χ1) is 9.17. The lowest BCUT2D eigenvalue weighted by molar-refractivity contribution is 0.563. The SMILES string of the molecule is CCCCCCCC(CN)Nc1cc(F)ccc1Cl. The van der Waals surface area contributed by atoms with Gasteiger partial charge in [0, 0.05) is 12.6 Å². The zero-order valence-corrected chi connectivity index (χ0v) is 12.3. The number of halogens is 2. The van der Waals surface area contributed by atoms with Gasteiger partial charge >= 0.3 is 0 Å². The zero-order valence-electron chi connectivity index (χ0n) is 11.6. The normalized spacial score (nSPS) is 12.4. The Hall–Kier alpha value is -0.800. The predicted octanol–water partition coefficient (Wildman–Crippen LogP) is 4.58. The number of hydrogen-bond donors (Lipinski definition) is 2. The van der Waals surface area contributed by atoms with Gasteiger partial charge in [-0.1, -0.05) is 50.6 Å². The summed E-state index contributed by atoms with van der Waals surface area (Å²) in [6.45, 7) is 2.73. The van der Waals surface area contributed by atoms with Gasteiger partial charge in [-0.15, -0.1) is 0 Å². The van der Waals surface area contributed by atoms with Crippen LogP contribution >= 0.6 is 11.6 Å². The molecule has 0 aliphatic carbocycles. The van der Waals surface area contributed by atoms with Crippen LogP contribution in [-0.4, -0.2) is 12.6 Å². The lowest BCUT2D eigenvalue weighted by Gasteiger charge is -2.19. The van der Waals surface area contributed by atoms with Crippen molar-refractivity contribution in [3.8, 4) is 0 Å². The minimum absolute atomic E-state index is 0.154. The molecule has 0 bridgehead atoms. The van der Waals surface area contributed by atoms with Crippen molar-refractivity contribution in [1.29, 1.82) is 0 Å². The van der Waals surface area contributed by atoms with E-state index < -0.39 is 0 Å². The Morgan fingerprint density at radius 2 is 2.00 bits per heavy atom. The minimum Gasteiger partial charge on any atom is -0.380 e. The summed E-state index contributed by atoms with van der Waals surface area (Å²) >= 11 is 6.03. The number of anilines is 1. The van der Waals surface area contributed by atoms with E-state index >= 15 is 0 Å². The first-order valence-electron chi connectivity index (χ1n) is 7.09. The van der Waals surface area contributed by atoms with Crippen molar-refractivity contribution in [2.45, 2.75) is 51.5 Å². The van der Waals surface area contributed by atoms with Crippen molar-refractivity contribution in [2.24, 2.45) is 5.73 Å². The molecule has 1 atom stereocenters. The summed E-state index contributed by atoms with van der Waals surface area (Å²) in [5, 5.41) is 3.76. The van der Waals surface area contributed by atoms with Crippen LogP contribution in [0.25, 0.3) is 0 Å². The molecule has 0 aliphatic rings. The summed E-state index contributed by atoms with van der Waals surface area (Å²) in [6, 6.07) is 4.49. The fourth-order valence-corrected chi connectivity index (χ4v) is 2.24. The molecule has 2 nitrogen and oxygen atoms in total. The van der Waals surface area contributed by atoms with Gasteiger partial charge in [0.2, 0.25) is 0 Å². The first kappa shape index (κ1) is 16.3. The average molecular weight is 287 g/mol. The highest BCUT2D eigenvalue weighted by atomic mass is 35.5. The molecule has 0 saturated heterocycles. The molecule has 0 aliphatic heterocycles. The van der Waals surface area contributed by atoms with Gasteiger partial charge in [0.05, 0.1) is 10.7 Å². The van der Waals surface area contributed by atoms with Crippen molar-refractivity contribution in [3.05, 3.63) is 29.0 Å². The number of nitrogens with two attached hydrogens (primary N) is 1. The fraction of sp³-hybridized carbons (Fsp3) is 0.600. The molecule has 0 amide bonds. The number of hydrogen-bond acceptors (Lipinski definition) is 2. The Balaban J connectivity index is 2.41. The van der Waals surface area contributed by atoms with Crippen molar-refractivity contribution in [3.63, 3.8) is 0 Å². The van der Waals surface area contributed by atoms with Crippen molar-refractivity contribution in [2.75, 3.05) is 11.9 Å². The van der Waals surface area contributed by atoms with Gasteiger partial charge in [0.15, 0.2) is 0 Å². The van der Waals surface area contributed by atoms with Crippen LogP contribution in [0.5, 0.6) is 0 Å². The van der Waals surface area contributed by atoms with Crippen molar-refractivity contribution >= 4 is 17.3 Å². The third kappa shape index (κ3) is 6.26. The van der Waals surface area contributed by atoms with E-state index in [0.29, 0.717) is 17.3 Å². The molecular weight excluding hydrogens is 263 g/mol. The molecule has 19 heavy (non-hydrogen) atoms. The molecule has 0 radical (unpaired) electrons. The fourth-order valence-electron chi connectivity index (χ4n) is 2.07. The minimum atomic E-state index is -0.286. The molecule has 1 aromatic rings. The van der Waals surface area contributed by atoms with Crippen LogP contribution in [0, 0.1) is 5.82 Å². The summed E-state index contributed by atoms with van der Waals surface area (Å²) in [6.07, 6.45) is 7.17. The maximum absolute atomic E-state index is 13.2. The standard InChI is InChI=1S/C15H24ClFN2/c1-2-3-4-5-6-7-13(11-18)19-15-10-12(17)8-9-14(15)16/h8-10,13,19H,2-7,11,18H2,1H3. The van der Waals surface area contributed by atoms with Crippen LogP contribution in [0.15, 0.2) is 18.2 Å². The zero-order chi connectivity index (χ0) is 14.1. The smallest absolute Gasteiger partial charge is 0.125 e. The summed E-state index contributed by atoms with van der Waals surface area (Å²) < 4.78 is 13.2. The van der Waals surface area contributed by atoms with E-state index in [2.05, 4.69) is 12.2 Å². The molecule has 108 valence electrons. The summed E-state index contributed by atoms with van der Waals surface area (Å²) in [7, 11) is 0. The number of rotatable bonds is 9. The van der Waals surface area contributed by atoms with E-state index in [-0.39, 0.29) is 11.9 Å². The molecule has 1 aromatic carbocycles. The van der Waals surface area contributed by atoms with Crippen LogP contribution in [0.1, 0.15) is 45.4 Å². The lowest BCUT2D eigenvalue weighted by atomic mass is 10.1. The maximum Gasteiger partial charge on any atom is 0.125 e. The molecule has 0 fully saturated rings. The Kier molecular flexibility index (Phi) is 7.84. The van der Waals surface area contributed by atoms with Gasteiger partial charge in [-0.2, -0.15) is 0 Å². The monoisotopic (exact) mass is 286 g/mol. The molecule has 0 aromatic heterocycles. The van der Waals surface area contributed by atoms with Crippen molar-refractivity contribution < 1.29 is 4.39 Å². The molecular formula is C15H24ClFN2. The Morgan fingerprint density at radius 1 is 1.26 bits per heavy atom. The second-order valence-corrected chi connectivity index (χ2v) is 5.31. The molecule has 1 unspecified atom stereocenters. The van der Waals surface area contributed by atoms with Crippen LogP contribution in [0.4, 0.5) is 10.1 Å². The van der Waals surface area contributed by atoms with E-state index in [4.69, 9.17) is 17.3 Å². The molecule has 3 N–H and O–H groups in total. The average Bonchev–Trinajstić information content (AvgIpc) is 2.41. The Bertz CT molecular complexity index is 371. The third-order valence-electron chi connectivity index (χ3n) is 3.23. The van der Waals surface area contributed by atoms with Gasteiger partial charge < -0.3 is 11.1 Å². The first-order valence-corrected chi connectivity index (χ1v) is 7.46. The van der Waals surface area contributed by atoms with E-state index in [1.165, 1.54) is 37.8 Å². The van der Waals surface area contributed by atoms with E-state index in [0.717, 1.165) is 12.8 Å².